The van der Waals surface area contributed by atoms with Crippen LogP contribution in [-0.4, -0.2) is 14.3 Å². The summed E-state index contributed by atoms with van der Waals surface area (Å²) in [6, 6.07) is 5.44. The van der Waals surface area contributed by atoms with Crippen molar-refractivity contribution in [1.29, 1.82) is 0 Å². The Kier molecular flexibility index (Phi) is 2.94. The molecule has 2 rings (SSSR count). The number of rotatable bonds is 1. The van der Waals surface area contributed by atoms with E-state index in [4.69, 9.17) is 11.6 Å². The van der Waals surface area contributed by atoms with Crippen molar-refractivity contribution in [2.24, 2.45) is 7.05 Å². The molecule has 0 saturated carbocycles. The lowest BCUT2D eigenvalue weighted by molar-refractivity contribution is -0.146. The maximum Gasteiger partial charge on any atom is 0.452 e. The van der Waals surface area contributed by atoms with Crippen LogP contribution in [0.1, 0.15) is 5.82 Å². The fourth-order valence-corrected chi connectivity index (χ4v) is 1.60. The van der Waals surface area contributed by atoms with Crippen molar-refractivity contribution in [1.82, 2.24) is 14.3 Å². The summed E-state index contributed by atoms with van der Waals surface area (Å²) in [5.41, 5.74) is -0.811. The highest BCUT2D eigenvalue weighted by molar-refractivity contribution is 6.30. The molecule has 1 aromatic carbocycles. The Labute approximate surface area is 104 Å². The van der Waals surface area contributed by atoms with Gasteiger partial charge in [0.15, 0.2) is 0 Å². The zero-order valence-corrected chi connectivity index (χ0v) is 9.83. The van der Waals surface area contributed by atoms with E-state index in [2.05, 4.69) is 5.10 Å². The van der Waals surface area contributed by atoms with Gasteiger partial charge in [-0.15, -0.1) is 5.10 Å². The van der Waals surface area contributed by atoms with Crippen LogP contribution in [0.25, 0.3) is 5.69 Å². The van der Waals surface area contributed by atoms with Crippen molar-refractivity contribution in [2.75, 3.05) is 0 Å². The van der Waals surface area contributed by atoms with E-state index in [1.165, 1.54) is 24.3 Å². The average molecular weight is 278 g/mol. The van der Waals surface area contributed by atoms with Crippen LogP contribution >= 0.6 is 11.6 Å². The van der Waals surface area contributed by atoms with Gasteiger partial charge in [0.25, 0.3) is 0 Å². The van der Waals surface area contributed by atoms with Crippen molar-refractivity contribution in [2.45, 2.75) is 6.18 Å². The molecule has 0 radical (unpaired) electrons. The first-order valence-electron chi connectivity index (χ1n) is 4.80. The third-order valence-corrected chi connectivity index (χ3v) is 2.51. The molecule has 2 aromatic rings. The van der Waals surface area contributed by atoms with E-state index in [-0.39, 0.29) is 5.69 Å². The Morgan fingerprint density at radius 3 is 2.28 bits per heavy atom. The van der Waals surface area contributed by atoms with Gasteiger partial charge in [0.05, 0.1) is 5.69 Å². The Morgan fingerprint density at radius 1 is 1.22 bits per heavy atom. The van der Waals surface area contributed by atoms with Gasteiger partial charge < -0.3 is 0 Å². The molecular formula is C10H7ClF3N3O. The average Bonchev–Trinajstić information content (AvgIpc) is 2.57. The van der Waals surface area contributed by atoms with E-state index < -0.39 is 17.7 Å². The molecule has 4 nitrogen and oxygen atoms in total. The molecule has 0 fully saturated rings. The molecule has 0 aliphatic carbocycles. The summed E-state index contributed by atoms with van der Waals surface area (Å²) in [5, 5.41) is 3.55. The first-order chi connectivity index (χ1) is 8.30. The predicted octanol–water partition coefficient (Wildman–Crippen LogP) is 2.24. The van der Waals surface area contributed by atoms with Gasteiger partial charge in [0.1, 0.15) is 0 Å². The lowest BCUT2D eigenvalue weighted by atomic mass is 10.3. The number of benzene rings is 1. The molecule has 0 unspecified atom stereocenters. The number of aryl methyl sites for hydroxylation is 1. The minimum atomic E-state index is -4.71. The van der Waals surface area contributed by atoms with Gasteiger partial charge in [0.2, 0.25) is 5.82 Å². The molecule has 0 spiro atoms. The number of halogens is 4. The SMILES string of the molecule is Cn1nc(C(F)(F)F)n(-c2ccc(Cl)cc2)c1=O. The standard InChI is InChI=1S/C10H7ClF3N3O/c1-16-9(18)17(8(15-16)10(12,13)14)7-4-2-6(11)3-5-7/h2-5H,1H3. The Morgan fingerprint density at radius 2 is 1.78 bits per heavy atom. The summed E-state index contributed by atoms with van der Waals surface area (Å²) in [6.45, 7) is 0. The van der Waals surface area contributed by atoms with Crippen molar-refractivity contribution >= 4 is 11.6 Å². The number of aromatic nitrogens is 3. The fourth-order valence-electron chi connectivity index (χ4n) is 1.47. The fraction of sp³-hybridized carbons (Fsp3) is 0.200. The molecule has 0 amide bonds. The lowest BCUT2D eigenvalue weighted by Gasteiger charge is -2.07. The maximum absolute atomic E-state index is 12.7. The van der Waals surface area contributed by atoms with Crippen molar-refractivity contribution < 1.29 is 13.2 Å². The minimum absolute atomic E-state index is 0.0600. The second-order valence-corrected chi connectivity index (χ2v) is 3.98. The second kappa shape index (κ2) is 4.16. The molecule has 96 valence electrons. The van der Waals surface area contributed by atoms with E-state index in [1.54, 1.807) is 0 Å². The van der Waals surface area contributed by atoms with E-state index in [1.807, 2.05) is 0 Å². The topological polar surface area (TPSA) is 39.8 Å². The first-order valence-corrected chi connectivity index (χ1v) is 5.17. The number of hydrogen-bond donors (Lipinski definition) is 0. The van der Waals surface area contributed by atoms with Crippen molar-refractivity contribution in [3.63, 3.8) is 0 Å². The van der Waals surface area contributed by atoms with Gasteiger partial charge in [-0.1, -0.05) is 11.6 Å². The van der Waals surface area contributed by atoms with Crippen LogP contribution in [0, 0.1) is 0 Å². The first kappa shape index (κ1) is 12.7. The van der Waals surface area contributed by atoms with Gasteiger partial charge in [-0.25, -0.2) is 14.0 Å². The molecule has 0 aliphatic rings. The van der Waals surface area contributed by atoms with Gasteiger partial charge in [-0.3, -0.25) is 0 Å². The summed E-state index contributed by atoms with van der Waals surface area (Å²) in [6.07, 6.45) is -4.71. The molecule has 0 saturated heterocycles. The van der Waals surface area contributed by atoms with Crippen molar-refractivity contribution in [3.05, 3.63) is 45.6 Å². The third kappa shape index (κ3) is 2.13. The molecule has 1 heterocycles. The van der Waals surface area contributed by atoms with Gasteiger partial charge in [-0.05, 0) is 24.3 Å². The van der Waals surface area contributed by atoms with E-state index in [0.717, 1.165) is 7.05 Å². The second-order valence-electron chi connectivity index (χ2n) is 3.54. The van der Waals surface area contributed by atoms with Crippen LogP contribution in [0.3, 0.4) is 0 Å². The largest absolute Gasteiger partial charge is 0.452 e. The highest BCUT2D eigenvalue weighted by Crippen LogP contribution is 2.28. The Hall–Kier alpha value is -1.76. The van der Waals surface area contributed by atoms with Crippen LogP contribution in [-0.2, 0) is 13.2 Å². The van der Waals surface area contributed by atoms with Crippen LogP contribution < -0.4 is 5.69 Å². The van der Waals surface area contributed by atoms with Crippen LogP contribution in [0.2, 0.25) is 5.02 Å². The van der Waals surface area contributed by atoms with Crippen molar-refractivity contribution in [3.8, 4) is 5.69 Å². The summed E-state index contributed by atoms with van der Waals surface area (Å²) < 4.78 is 39.4. The molecule has 0 bridgehead atoms. The minimum Gasteiger partial charge on any atom is -0.246 e. The molecule has 1 aromatic heterocycles. The molecule has 0 atom stereocenters. The van der Waals surface area contributed by atoms with Crippen LogP contribution in [0.15, 0.2) is 29.1 Å². The highest BCUT2D eigenvalue weighted by atomic mass is 35.5. The number of alkyl halides is 3. The van der Waals surface area contributed by atoms with Crippen LogP contribution in [0.4, 0.5) is 13.2 Å². The van der Waals surface area contributed by atoms with Gasteiger partial charge in [0, 0.05) is 12.1 Å². The van der Waals surface area contributed by atoms with E-state index in [0.29, 0.717) is 14.3 Å². The molecule has 0 aliphatic heterocycles. The number of hydrogen-bond acceptors (Lipinski definition) is 2. The summed E-state index contributed by atoms with van der Waals surface area (Å²) in [7, 11) is 1.16. The molecule has 8 heteroatoms. The number of nitrogens with zero attached hydrogens (tertiary/aromatic N) is 3. The highest BCUT2D eigenvalue weighted by Gasteiger charge is 2.39. The lowest BCUT2D eigenvalue weighted by Crippen LogP contribution is -2.24. The zero-order chi connectivity index (χ0) is 13.5. The molecular weight excluding hydrogens is 271 g/mol. The molecule has 18 heavy (non-hydrogen) atoms. The maximum atomic E-state index is 12.7. The zero-order valence-electron chi connectivity index (χ0n) is 9.07. The Balaban J connectivity index is 2.70. The molecule has 0 N–H and O–H groups in total. The monoisotopic (exact) mass is 277 g/mol. The smallest absolute Gasteiger partial charge is 0.246 e. The normalized spacial score (nSPS) is 11.8. The summed E-state index contributed by atoms with van der Waals surface area (Å²) in [5.74, 6) is -1.27. The van der Waals surface area contributed by atoms with E-state index >= 15 is 0 Å². The van der Waals surface area contributed by atoms with Gasteiger partial charge >= 0.3 is 11.9 Å². The van der Waals surface area contributed by atoms with Crippen LogP contribution in [0.5, 0.6) is 0 Å². The Bertz CT molecular complexity index is 627. The summed E-state index contributed by atoms with van der Waals surface area (Å²) in [4.78, 5) is 11.7. The predicted molar refractivity (Wildman–Crippen MR) is 58.8 cm³/mol. The third-order valence-electron chi connectivity index (χ3n) is 2.26. The van der Waals surface area contributed by atoms with E-state index in [9.17, 15) is 18.0 Å². The quantitative estimate of drug-likeness (QED) is 0.802. The van der Waals surface area contributed by atoms with Gasteiger partial charge in [-0.2, -0.15) is 13.2 Å². The summed E-state index contributed by atoms with van der Waals surface area (Å²) >= 11 is 5.64.